The van der Waals surface area contributed by atoms with Gasteiger partial charge in [0.15, 0.2) is 0 Å². The molecule has 6 nitrogen and oxygen atoms in total. The summed E-state index contributed by atoms with van der Waals surface area (Å²) in [6.07, 6.45) is 0. The molecule has 0 fully saturated rings. The molecule has 7 heteroatoms. The highest BCUT2D eigenvalue weighted by Crippen LogP contribution is 2.30. The van der Waals surface area contributed by atoms with Crippen LogP contribution in [0, 0.1) is 0 Å². The van der Waals surface area contributed by atoms with E-state index in [9.17, 15) is 15.1 Å². The number of para-hydroxylation sites is 1. The number of hydrogen-bond donors (Lipinski definition) is 3. The molecule has 0 atom stereocenters. The van der Waals surface area contributed by atoms with Crippen LogP contribution in [0.1, 0.15) is 21.5 Å². The molecular weight excluding hydrogens is 452 g/mol. The van der Waals surface area contributed by atoms with Crippen LogP contribution in [-0.2, 0) is 0 Å². The minimum Gasteiger partial charge on any atom is -0.478 e. The number of benzene rings is 4. The van der Waals surface area contributed by atoms with E-state index < -0.39 is 5.97 Å². The molecule has 0 radical (unpaired) electrons. The van der Waals surface area contributed by atoms with Crippen LogP contribution in [0.3, 0.4) is 0 Å². The first-order valence-corrected chi connectivity index (χ1v) is 10.8. The Hall–Kier alpha value is -4.29. The maximum Gasteiger partial charge on any atom is 0.335 e. The fraction of sp³-hybridized carbons (Fsp3) is 0.0370. The number of carbonyl (C=O) groups is 1. The molecule has 0 unspecified atom stereocenters. The highest BCUT2D eigenvalue weighted by Gasteiger charge is 2.17. The maximum atomic E-state index is 11.8. The minimum atomic E-state index is -1.12. The van der Waals surface area contributed by atoms with Gasteiger partial charge in [-0.05, 0) is 65.7 Å². The Labute approximate surface area is 201 Å². The van der Waals surface area contributed by atoms with Crippen LogP contribution in [0.5, 0.6) is 11.5 Å². The molecule has 3 N–H and O–H groups in total. The largest absolute Gasteiger partial charge is 0.478 e. The summed E-state index contributed by atoms with van der Waals surface area (Å²) in [5.41, 5.74) is 3.81. The van der Waals surface area contributed by atoms with Crippen LogP contribution in [0.15, 0.2) is 96.2 Å². The SMILES string of the molecule is CNc1cc(-c2ccc(Cl)cc2)ccc1/C(=N/O)c1cc(Oc2ccccc2)cc(C(=O)O)c1. The van der Waals surface area contributed by atoms with Gasteiger partial charge >= 0.3 is 5.97 Å². The summed E-state index contributed by atoms with van der Waals surface area (Å²) < 4.78 is 5.86. The fourth-order valence-electron chi connectivity index (χ4n) is 3.59. The zero-order valence-electron chi connectivity index (χ0n) is 18.2. The number of hydrogen-bond acceptors (Lipinski definition) is 5. The van der Waals surface area contributed by atoms with Crippen molar-refractivity contribution in [1.82, 2.24) is 0 Å². The minimum absolute atomic E-state index is 0.00775. The van der Waals surface area contributed by atoms with Crippen LogP contribution >= 0.6 is 11.6 Å². The van der Waals surface area contributed by atoms with Gasteiger partial charge in [0.2, 0.25) is 0 Å². The van der Waals surface area contributed by atoms with Crippen LogP contribution in [0.25, 0.3) is 11.1 Å². The summed E-state index contributed by atoms with van der Waals surface area (Å²) in [4.78, 5) is 11.8. The predicted molar refractivity (Wildman–Crippen MR) is 134 cm³/mol. The first kappa shape index (κ1) is 22.9. The Bertz CT molecular complexity index is 1350. The third kappa shape index (κ3) is 5.03. The molecule has 0 aliphatic carbocycles. The smallest absolute Gasteiger partial charge is 0.335 e. The van der Waals surface area contributed by atoms with Crippen LogP contribution in [0.4, 0.5) is 5.69 Å². The first-order valence-electron chi connectivity index (χ1n) is 10.4. The van der Waals surface area contributed by atoms with Crippen LogP contribution < -0.4 is 10.1 Å². The molecule has 170 valence electrons. The number of ether oxygens (including phenoxy) is 1. The third-order valence-electron chi connectivity index (χ3n) is 5.23. The Balaban J connectivity index is 1.77. The van der Waals surface area contributed by atoms with Crippen molar-refractivity contribution in [2.24, 2.45) is 5.16 Å². The summed E-state index contributed by atoms with van der Waals surface area (Å²) >= 11 is 6.00. The molecule has 0 amide bonds. The third-order valence-corrected chi connectivity index (χ3v) is 5.48. The Kier molecular flexibility index (Phi) is 6.80. The number of carboxylic acids is 1. The van der Waals surface area contributed by atoms with E-state index in [1.165, 1.54) is 12.1 Å². The molecule has 0 bridgehead atoms. The molecule has 4 rings (SSSR count). The van der Waals surface area contributed by atoms with Crippen molar-refractivity contribution in [1.29, 1.82) is 0 Å². The molecular formula is C27H21ClN2O4. The second-order valence-electron chi connectivity index (χ2n) is 7.43. The van der Waals surface area contributed by atoms with E-state index in [1.54, 1.807) is 25.2 Å². The summed E-state index contributed by atoms with van der Waals surface area (Å²) in [6.45, 7) is 0. The van der Waals surface area contributed by atoms with Crippen molar-refractivity contribution in [2.45, 2.75) is 0 Å². The van der Waals surface area contributed by atoms with Crippen molar-refractivity contribution in [3.8, 4) is 22.6 Å². The number of nitrogens with one attached hydrogen (secondary N) is 1. The van der Waals surface area contributed by atoms with Crippen LogP contribution in [0.2, 0.25) is 5.02 Å². The van der Waals surface area contributed by atoms with E-state index in [4.69, 9.17) is 16.3 Å². The van der Waals surface area contributed by atoms with Gasteiger partial charge in [-0.3, -0.25) is 0 Å². The average Bonchev–Trinajstić information content (AvgIpc) is 2.85. The van der Waals surface area contributed by atoms with Gasteiger partial charge in [0.05, 0.1) is 5.56 Å². The fourth-order valence-corrected chi connectivity index (χ4v) is 3.72. The van der Waals surface area contributed by atoms with Crippen molar-refractivity contribution in [3.63, 3.8) is 0 Å². The number of rotatable bonds is 7. The Morgan fingerprint density at radius 3 is 2.18 bits per heavy atom. The molecule has 34 heavy (non-hydrogen) atoms. The number of anilines is 1. The zero-order chi connectivity index (χ0) is 24.1. The standard InChI is InChI=1S/C27H21ClN2O4/c1-29-25-16-18(17-7-10-21(28)11-8-17)9-12-24(25)26(30-33)19-13-20(27(31)32)15-23(14-19)34-22-5-3-2-4-6-22/h2-16,29,33H,1H3,(H,31,32)/b30-26+. The van der Waals surface area contributed by atoms with Gasteiger partial charge in [-0.2, -0.15) is 0 Å². The summed E-state index contributed by atoms with van der Waals surface area (Å²) in [7, 11) is 1.76. The summed E-state index contributed by atoms with van der Waals surface area (Å²) in [6, 6.07) is 26.6. The lowest BCUT2D eigenvalue weighted by atomic mass is 9.95. The second kappa shape index (κ2) is 10.1. The average molecular weight is 473 g/mol. The lowest BCUT2D eigenvalue weighted by Gasteiger charge is -2.15. The van der Waals surface area contributed by atoms with Crippen molar-refractivity contribution in [3.05, 3.63) is 113 Å². The summed E-state index contributed by atoms with van der Waals surface area (Å²) in [5.74, 6) is -0.253. The van der Waals surface area contributed by atoms with E-state index in [2.05, 4.69) is 10.5 Å². The molecule has 0 saturated heterocycles. The van der Waals surface area contributed by atoms with Gasteiger partial charge in [-0.15, -0.1) is 0 Å². The number of nitrogens with zero attached hydrogens (tertiary/aromatic N) is 1. The normalized spacial score (nSPS) is 11.2. The summed E-state index contributed by atoms with van der Waals surface area (Å²) in [5, 5.41) is 26.9. The molecule has 0 spiro atoms. The monoisotopic (exact) mass is 472 g/mol. The molecule has 0 heterocycles. The molecule has 0 aromatic heterocycles. The van der Waals surface area contributed by atoms with Crippen LogP contribution in [-0.4, -0.2) is 29.0 Å². The number of halogens is 1. The highest BCUT2D eigenvalue weighted by atomic mass is 35.5. The van der Waals surface area contributed by atoms with Crippen molar-refractivity contribution < 1.29 is 19.8 Å². The van der Waals surface area contributed by atoms with E-state index in [0.29, 0.717) is 33.3 Å². The van der Waals surface area contributed by atoms with Gasteiger partial charge < -0.3 is 20.4 Å². The van der Waals surface area contributed by atoms with E-state index >= 15 is 0 Å². The quantitative estimate of drug-likeness (QED) is 0.157. The predicted octanol–water partition coefficient (Wildman–Crippen LogP) is 6.77. The topological polar surface area (TPSA) is 91.2 Å². The van der Waals surface area contributed by atoms with Gasteiger partial charge in [0.25, 0.3) is 0 Å². The van der Waals surface area contributed by atoms with E-state index in [-0.39, 0.29) is 11.3 Å². The van der Waals surface area contributed by atoms with Gasteiger partial charge in [0.1, 0.15) is 17.2 Å². The zero-order valence-corrected chi connectivity index (χ0v) is 19.0. The number of oxime groups is 1. The molecule has 0 aliphatic rings. The Morgan fingerprint density at radius 1 is 0.853 bits per heavy atom. The van der Waals surface area contributed by atoms with Crippen molar-refractivity contribution >= 4 is 29.0 Å². The van der Waals surface area contributed by atoms with Gasteiger partial charge in [-0.25, -0.2) is 4.79 Å². The second-order valence-corrected chi connectivity index (χ2v) is 7.87. The first-order chi connectivity index (χ1) is 16.5. The number of carboxylic acid groups (broad SMARTS) is 1. The highest BCUT2D eigenvalue weighted by molar-refractivity contribution is 6.30. The number of aromatic carboxylic acids is 1. The van der Waals surface area contributed by atoms with E-state index in [1.807, 2.05) is 60.7 Å². The molecule has 4 aromatic rings. The van der Waals surface area contributed by atoms with Gasteiger partial charge in [-0.1, -0.05) is 53.2 Å². The van der Waals surface area contributed by atoms with Crippen molar-refractivity contribution in [2.75, 3.05) is 12.4 Å². The molecule has 0 saturated carbocycles. The molecule has 0 aliphatic heterocycles. The lowest BCUT2D eigenvalue weighted by molar-refractivity contribution is 0.0696. The van der Waals surface area contributed by atoms with E-state index in [0.717, 1.165) is 11.1 Å². The van der Waals surface area contributed by atoms with Gasteiger partial charge in [0, 0.05) is 28.9 Å². The Morgan fingerprint density at radius 2 is 1.53 bits per heavy atom. The molecule has 4 aromatic carbocycles. The lowest BCUT2D eigenvalue weighted by Crippen LogP contribution is -2.09. The maximum absolute atomic E-state index is 11.8.